The highest BCUT2D eigenvalue weighted by Gasteiger charge is 2.06. The Morgan fingerprint density at radius 2 is 2.36 bits per heavy atom. The van der Waals surface area contributed by atoms with Crippen LogP contribution in [-0.2, 0) is 6.54 Å². The molecule has 0 bridgehead atoms. The van der Waals surface area contributed by atoms with Crippen LogP contribution in [0.4, 0.5) is 0 Å². The molecule has 0 saturated carbocycles. The van der Waals surface area contributed by atoms with Crippen molar-refractivity contribution >= 4 is 0 Å². The third kappa shape index (κ3) is 1.69. The lowest BCUT2D eigenvalue weighted by atomic mass is 10.2. The third-order valence-corrected chi connectivity index (χ3v) is 2.05. The van der Waals surface area contributed by atoms with Crippen molar-refractivity contribution in [1.29, 1.82) is 0 Å². The molecule has 0 fully saturated rings. The average Bonchev–Trinajstić information content (AvgIpc) is 2.70. The van der Waals surface area contributed by atoms with E-state index in [1.165, 1.54) is 0 Å². The molecule has 0 spiro atoms. The van der Waals surface area contributed by atoms with Gasteiger partial charge >= 0.3 is 0 Å². The summed E-state index contributed by atoms with van der Waals surface area (Å²) in [5.74, 6) is 0.598. The van der Waals surface area contributed by atoms with Gasteiger partial charge in [0, 0.05) is 24.5 Å². The molecule has 0 aliphatic heterocycles. The number of nitrogens with zero attached hydrogens (tertiary/aromatic N) is 3. The van der Waals surface area contributed by atoms with Crippen molar-refractivity contribution in [3.8, 4) is 11.3 Å². The van der Waals surface area contributed by atoms with Crippen molar-refractivity contribution in [3.63, 3.8) is 0 Å². The van der Waals surface area contributed by atoms with Crippen molar-refractivity contribution in [2.24, 2.45) is 5.92 Å². The lowest BCUT2D eigenvalue weighted by Crippen LogP contribution is -2.07. The topological polar surface area (TPSA) is 46.5 Å². The zero-order valence-corrected chi connectivity index (χ0v) is 8.44. The number of aromatic amines is 1. The molecule has 0 aromatic carbocycles. The zero-order chi connectivity index (χ0) is 9.97. The molecular weight excluding hydrogens is 176 g/mol. The molecule has 0 aliphatic rings. The van der Waals surface area contributed by atoms with Crippen LogP contribution in [0.25, 0.3) is 11.3 Å². The van der Waals surface area contributed by atoms with Crippen LogP contribution in [0.5, 0.6) is 0 Å². The summed E-state index contributed by atoms with van der Waals surface area (Å²) in [6.07, 6.45) is 5.52. The minimum atomic E-state index is 0.598. The first-order chi connectivity index (χ1) is 6.77. The first-order valence-electron chi connectivity index (χ1n) is 4.78. The molecule has 74 valence electrons. The highest BCUT2D eigenvalue weighted by atomic mass is 15.3. The molecule has 0 unspecified atom stereocenters. The normalized spacial score (nSPS) is 11.1. The van der Waals surface area contributed by atoms with Crippen molar-refractivity contribution in [3.05, 3.63) is 24.7 Å². The highest BCUT2D eigenvalue weighted by molar-refractivity contribution is 5.56. The molecule has 2 rings (SSSR count). The SMILES string of the molecule is CC(C)Cn1nccc1-c1cn[nH]c1. The quantitative estimate of drug-likeness (QED) is 0.803. The molecule has 0 saturated heterocycles. The smallest absolute Gasteiger partial charge is 0.0713 e. The molecule has 4 nitrogen and oxygen atoms in total. The maximum absolute atomic E-state index is 4.29. The van der Waals surface area contributed by atoms with E-state index in [1.54, 1.807) is 0 Å². The first kappa shape index (κ1) is 8.99. The van der Waals surface area contributed by atoms with Gasteiger partial charge in [-0.3, -0.25) is 9.78 Å². The molecule has 2 heterocycles. The number of rotatable bonds is 3. The summed E-state index contributed by atoms with van der Waals surface area (Å²) in [5, 5.41) is 11.0. The van der Waals surface area contributed by atoms with Gasteiger partial charge in [-0.25, -0.2) is 0 Å². The Balaban J connectivity index is 2.30. The number of hydrogen-bond donors (Lipinski definition) is 1. The van der Waals surface area contributed by atoms with Crippen molar-refractivity contribution in [2.75, 3.05) is 0 Å². The molecule has 2 aromatic rings. The molecule has 2 aromatic heterocycles. The van der Waals surface area contributed by atoms with Crippen molar-refractivity contribution in [1.82, 2.24) is 20.0 Å². The standard InChI is InChI=1S/C10H14N4/c1-8(2)7-14-10(3-4-13-14)9-5-11-12-6-9/h3-6,8H,7H2,1-2H3,(H,11,12). The van der Waals surface area contributed by atoms with Crippen LogP contribution in [-0.4, -0.2) is 20.0 Å². The van der Waals surface area contributed by atoms with Gasteiger partial charge in [0.05, 0.1) is 11.9 Å². The molecule has 0 atom stereocenters. The molecule has 4 heteroatoms. The van der Waals surface area contributed by atoms with Crippen molar-refractivity contribution in [2.45, 2.75) is 20.4 Å². The Morgan fingerprint density at radius 1 is 1.50 bits per heavy atom. The zero-order valence-electron chi connectivity index (χ0n) is 8.44. The fourth-order valence-corrected chi connectivity index (χ4v) is 1.46. The molecule has 0 radical (unpaired) electrons. The monoisotopic (exact) mass is 190 g/mol. The van der Waals surface area contributed by atoms with E-state index < -0.39 is 0 Å². The summed E-state index contributed by atoms with van der Waals surface area (Å²) in [6, 6.07) is 2.01. The van der Waals surface area contributed by atoms with Crippen molar-refractivity contribution < 1.29 is 0 Å². The lowest BCUT2D eigenvalue weighted by Gasteiger charge is -2.08. The second-order valence-corrected chi connectivity index (χ2v) is 3.78. The number of H-pyrrole nitrogens is 1. The van der Waals surface area contributed by atoms with Crippen LogP contribution in [0.1, 0.15) is 13.8 Å². The van der Waals surface area contributed by atoms with Crippen LogP contribution in [0.3, 0.4) is 0 Å². The van der Waals surface area contributed by atoms with E-state index in [0.717, 1.165) is 17.8 Å². The lowest BCUT2D eigenvalue weighted by molar-refractivity contribution is 0.487. The van der Waals surface area contributed by atoms with E-state index in [2.05, 4.69) is 29.1 Å². The van der Waals surface area contributed by atoms with E-state index in [9.17, 15) is 0 Å². The van der Waals surface area contributed by atoms with E-state index in [-0.39, 0.29) is 0 Å². The minimum Gasteiger partial charge on any atom is -0.285 e. The van der Waals surface area contributed by atoms with Gasteiger partial charge in [0.1, 0.15) is 0 Å². The number of hydrogen-bond acceptors (Lipinski definition) is 2. The summed E-state index contributed by atoms with van der Waals surface area (Å²) in [5.41, 5.74) is 2.20. The molecular formula is C10H14N4. The van der Waals surface area contributed by atoms with Gasteiger partial charge in [-0.05, 0) is 12.0 Å². The van der Waals surface area contributed by atoms with Crippen LogP contribution < -0.4 is 0 Å². The second kappa shape index (κ2) is 3.65. The maximum atomic E-state index is 4.29. The predicted molar refractivity (Wildman–Crippen MR) is 54.6 cm³/mol. The summed E-state index contributed by atoms with van der Waals surface area (Å²) in [6.45, 7) is 5.30. The summed E-state index contributed by atoms with van der Waals surface area (Å²) in [7, 11) is 0. The van der Waals surface area contributed by atoms with E-state index in [1.807, 2.05) is 29.3 Å². The molecule has 0 aliphatic carbocycles. The third-order valence-electron chi connectivity index (χ3n) is 2.05. The Bertz CT molecular complexity index is 386. The Kier molecular flexibility index (Phi) is 2.35. The van der Waals surface area contributed by atoms with E-state index >= 15 is 0 Å². The number of aromatic nitrogens is 4. The number of nitrogens with one attached hydrogen (secondary N) is 1. The highest BCUT2D eigenvalue weighted by Crippen LogP contribution is 2.17. The Morgan fingerprint density at radius 3 is 3.00 bits per heavy atom. The Labute approximate surface area is 83.0 Å². The molecule has 14 heavy (non-hydrogen) atoms. The average molecular weight is 190 g/mol. The van der Waals surface area contributed by atoms with Crippen LogP contribution >= 0.6 is 0 Å². The fraction of sp³-hybridized carbons (Fsp3) is 0.400. The van der Waals surface area contributed by atoms with Gasteiger partial charge in [-0.2, -0.15) is 10.2 Å². The second-order valence-electron chi connectivity index (χ2n) is 3.78. The van der Waals surface area contributed by atoms with Crippen LogP contribution in [0.15, 0.2) is 24.7 Å². The van der Waals surface area contributed by atoms with Gasteiger partial charge in [0.2, 0.25) is 0 Å². The summed E-state index contributed by atoms with van der Waals surface area (Å²) < 4.78 is 2.01. The van der Waals surface area contributed by atoms with Gasteiger partial charge < -0.3 is 0 Å². The maximum Gasteiger partial charge on any atom is 0.0713 e. The fourth-order valence-electron chi connectivity index (χ4n) is 1.46. The minimum absolute atomic E-state index is 0.598. The van der Waals surface area contributed by atoms with Gasteiger partial charge in [0.15, 0.2) is 0 Å². The first-order valence-corrected chi connectivity index (χ1v) is 4.78. The van der Waals surface area contributed by atoms with Gasteiger partial charge in [-0.1, -0.05) is 13.8 Å². The molecule has 1 N–H and O–H groups in total. The van der Waals surface area contributed by atoms with E-state index in [0.29, 0.717) is 5.92 Å². The van der Waals surface area contributed by atoms with Crippen LogP contribution in [0, 0.1) is 5.92 Å². The van der Waals surface area contributed by atoms with Crippen LogP contribution in [0.2, 0.25) is 0 Å². The van der Waals surface area contributed by atoms with E-state index in [4.69, 9.17) is 0 Å². The Hall–Kier alpha value is -1.58. The predicted octanol–water partition coefficient (Wildman–Crippen LogP) is 1.93. The molecule has 0 amide bonds. The summed E-state index contributed by atoms with van der Waals surface area (Å²) in [4.78, 5) is 0. The largest absolute Gasteiger partial charge is 0.285 e. The summed E-state index contributed by atoms with van der Waals surface area (Å²) >= 11 is 0. The van der Waals surface area contributed by atoms with Gasteiger partial charge in [-0.15, -0.1) is 0 Å². The van der Waals surface area contributed by atoms with Gasteiger partial charge in [0.25, 0.3) is 0 Å².